The number of rotatable bonds is 2. The number of nitrogens with two attached hydrogens (primary N) is 1. The van der Waals surface area contributed by atoms with Gasteiger partial charge in [-0.15, -0.1) is 0 Å². The van der Waals surface area contributed by atoms with Crippen LogP contribution in [0.25, 0.3) is 0 Å². The van der Waals surface area contributed by atoms with Gasteiger partial charge in [0.05, 0.1) is 0 Å². The van der Waals surface area contributed by atoms with Crippen LogP contribution >= 0.6 is 0 Å². The average Bonchev–Trinajstić information content (AvgIpc) is 2.39. The number of aliphatic imine (C=N–C) groups is 1. The molecule has 3 heteroatoms. The van der Waals surface area contributed by atoms with Crippen molar-refractivity contribution in [3.05, 3.63) is 59.7 Å². The van der Waals surface area contributed by atoms with Gasteiger partial charge >= 0.3 is 0 Å². The summed E-state index contributed by atoms with van der Waals surface area (Å²) in [7, 11) is 0. The summed E-state index contributed by atoms with van der Waals surface area (Å²) in [6.45, 7) is 2.13. The van der Waals surface area contributed by atoms with Crippen LogP contribution in [0.2, 0.25) is 0 Å². The van der Waals surface area contributed by atoms with E-state index in [1.54, 1.807) is 0 Å². The Labute approximate surface area is 107 Å². The van der Waals surface area contributed by atoms with E-state index in [4.69, 9.17) is 11.1 Å². The Bertz CT molecular complexity index is 524. The Balaban J connectivity index is 2.16. The molecule has 1 aliphatic carbocycles. The van der Waals surface area contributed by atoms with E-state index >= 15 is 0 Å². The number of nitrogens with one attached hydrogen (secondary N) is 1. The lowest BCUT2D eigenvalue weighted by Crippen LogP contribution is -2.17. The van der Waals surface area contributed by atoms with E-state index in [2.05, 4.69) is 18.0 Å². The van der Waals surface area contributed by atoms with E-state index in [1.807, 2.05) is 42.5 Å². The van der Waals surface area contributed by atoms with Gasteiger partial charge in [-0.05, 0) is 17.9 Å². The maximum absolute atomic E-state index is 7.98. The lowest BCUT2D eigenvalue weighted by Gasteiger charge is -2.13. The maximum atomic E-state index is 7.98. The van der Waals surface area contributed by atoms with Gasteiger partial charge in [-0.2, -0.15) is 0 Å². The fourth-order valence-electron chi connectivity index (χ4n) is 1.89. The summed E-state index contributed by atoms with van der Waals surface area (Å²) in [6, 6.07) is 9.53. The van der Waals surface area contributed by atoms with Crippen LogP contribution in [0.1, 0.15) is 18.9 Å². The molecule has 0 aromatic heterocycles. The van der Waals surface area contributed by atoms with Crippen molar-refractivity contribution < 1.29 is 0 Å². The summed E-state index contributed by atoms with van der Waals surface area (Å²) in [6.07, 6.45) is 6.89. The molecule has 1 aliphatic rings. The van der Waals surface area contributed by atoms with Crippen molar-refractivity contribution in [2.75, 3.05) is 0 Å². The average molecular weight is 239 g/mol. The first-order chi connectivity index (χ1) is 8.66. The first kappa shape index (κ1) is 12.3. The van der Waals surface area contributed by atoms with Gasteiger partial charge in [-0.25, -0.2) is 4.99 Å². The van der Waals surface area contributed by atoms with Crippen LogP contribution in [0.3, 0.4) is 0 Å². The molecule has 0 fully saturated rings. The lowest BCUT2D eigenvalue weighted by molar-refractivity contribution is 0.722. The molecule has 0 heterocycles. The highest BCUT2D eigenvalue weighted by Crippen LogP contribution is 2.19. The second-order valence-corrected chi connectivity index (χ2v) is 4.47. The molecule has 0 saturated heterocycles. The molecule has 1 unspecified atom stereocenters. The Hall–Kier alpha value is -2.16. The Morgan fingerprint density at radius 1 is 1.33 bits per heavy atom. The van der Waals surface area contributed by atoms with Gasteiger partial charge in [0.15, 0.2) is 0 Å². The molecule has 1 atom stereocenters. The number of hydrogen-bond acceptors (Lipinski definition) is 1. The fraction of sp³-hybridized carbons (Fsp3) is 0.200. The molecule has 18 heavy (non-hydrogen) atoms. The molecular weight excluding hydrogens is 222 g/mol. The molecule has 0 saturated carbocycles. The Kier molecular flexibility index (Phi) is 3.72. The van der Waals surface area contributed by atoms with Crippen LogP contribution in [-0.2, 0) is 0 Å². The van der Waals surface area contributed by atoms with Gasteiger partial charge in [0.25, 0.3) is 0 Å². The predicted octanol–water partition coefficient (Wildman–Crippen LogP) is 2.89. The van der Waals surface area contributed by atoms with Gasteiger partial charge in [0, 0.05) is 5.56 Å². The van der Waals surface area contributed by atoms with Gasteiger partial charge < -0.3 is 5.73 Å². The van der Waals surface area contributed by atoms with Crippen molar-refractivity contribution in [3.63, 3.8) is 0 Å². The van der Waals surface area contributed by atoms with Crippen molar-refractivity contribution in [1.82, 2.24) is 0 Å². The summed E-state index contributed by atoms with van der Waals surface area (Å²) in [5.41, 5.74) is 7.68. The summed E-state index contributed by atoms with van der Waals surface area (Å²) in [4.78, 5) is 4.18. The van der Waals surface area contributed by atoms with Gasteiger partial charge in [0.2, 0.25) is 0 Å². The predicted molar refractivity (Wildman–Crippen MR) is 75.9 cm³/mol. The third-order valence-corrected chi connectivity index (χ3v) is 2.88. The van der Waals surface area contributed by atoms with Crippen molar-refractivity contribution in [2.45, 2.75) is 13.3 Å². The maximum Gasteiger partial charge on any atom is 0.150 e. The molecule has 92 valence electrons. The molecule has 0 amide bonds. The van der Waals surface area contributed by atoms with Crippen LogP contribution < -0.4 is 5.73 Å². The van der Waals surface area contributed by atoms with Gasteiger partial charge in [-0.1, -0.05) is 55.5 Å². The first-order valence-electron chi connectivity index (χ1n) is 6.02. The molecule has 2 rings (SSSR count). The van der Waals surface area contributed by atoms with E-state index in [-0.39, 0.29) is 5.84 Å². The van der Waals surface area contributed by atoms with Crippen LogP contribution in [0, 0.1) is 11.3 Å². The fourth-order valence-corrected chi connectivity index (χ4v) is 1.89. The molecule has 0 radical (unpaired) electrons. The van der Waals surface area contributed by atoms with E-state index in [0.717, 1.165) is 17.6 Å². The molecule has 1 aromatic carbocycles. The summed E-state index contributed by atoms with van der Waals surface area (Å²) in [5.74, 6) is 1.11. The topological polar surface area (TPSA) is 62.2 Å². The van der Waals surface area contributed by atoms with E-state index in [0.29, 0.717) is 11.8 Å². The molecule has 1 aromatic rings. The lowest BCUT2D eigenvalue weighted by atomic mass is 9.95. The largest absolute Gasteiger partial charge is 0.383 e. The minimum atomic E-state index is 0.257. The summed E-state index contributed by atoms with van der Waals surface area (Å²) in [5, 5.41) is 7.98. The molecule has 3 N–H and O–H groups in total. The minimum Gasteiger partial charge on any atom is -0.383 e. The molecule has 0 aliphatic heterocycles. The van der Waals surface area contributed by atoms with Crippen LogP contribution in [-0.4, -0.2) is 11.7 Å². The molecule has 0 spiro atoms. The molecular formula is C15H17N3. The third-order valence-electron chi connectivity index (χ3n) is 2.88. The standard InChI is InChI=1S/C15H17N3/c1-11-6-5-9-13(10-11)15(17)18-14(16)12-7-3-2-4-8-12/h2-9,11H,10H2,1H3,(H3,16,17,18). The second-order valence-electron chi connectivity index (χ2n) is 4.47. The zero-order valence-corrected chi connectivity index (χ0v) is 10.4. The number of allylic oxidation sites excluding steroid dienone is 3. The first-order valence-corrected chi connectivity index (χ1v) is 6.02. The monoisotopic (exact) mass is 239 g/mol. The smallest absolute Gasteiger partial charge is 0.150 e. The van der Waals surface area contributed by atoms with Crippen LogP contribution in [0.5, 0.6) is 0 Å². The zero-order chi connectivity index (χ0) is 13.0. The number of amidine groups is 2. The van der Waals surface area contributed by atoms with E-state index in [9.17, 15) is 0 Å². The van der Waals surface area contributed by atoms with Crippen LogP contribution in [0.4, 0.5) is 0 Å². The van der Waals surface area contributed by atoms with E-state index in [1.165, 1.54) is 0 Å². The van der Waals surface area contributed by atoms with Gasteiger partial charge in [0.1, 0.15) is 11.7 Å². The normalized spacial score (nSPS) is 19.5. The van der Waals surface area contributed by atoms with Gasteiger partial charge in [-0.3, -0.25) is 5.41 Å². The highest BCUT2D eigenvalue weighted by molar-refractivity contribution is 6.09. The number of nitrogens with zero attached hydrogens (tertiary/aromatic N) is 1. The number of benzene rings is 1. The second kappa shape index (κ2) is 5.45. The van der Waals surface area contributed by atoms with Crippen molar-refractivity contribution in [1.29, 1.82) is 5.41 Å². The van der Waals surface area contributed by atoms with Crippen molar-refractivity contribution in [3.8, 4) is 0 Å². The van der Waals surface area contributed by atoms with E-state index < -0.39 is 0 Å². The third kappa shape index (κ3) is 2.94. The van der Waals surface area contributed by atoms with Crippen molar-refractivity contribution in [2.24, 2.45) is 16.6 Å². The zero-order valence-electron chi connectivity index (χ0n) is 10.4. The molecule has 0 bridgehead atoms. The highest BCUT2D eigenvalue weighted by Gasteiger charge is 2.11. The number of hydrogen-bond donors (Lipinski definition) is 2. The van der Waals surface area contributed by atoms with Crippen molar-refractivity contribution >= 4 is 11.7 Å². The quantitative estimate of drug-likeness (QED) is 0.605. The SMILES string of the molecule is CC1C=CC=C(C(=N)N=C(N)c2ccccc2)C1. The summed E-state index contributed by atoms with van der Waals surface area (Å²) >= 11 is 0. The molecule has 3 nitrogen and oxygen atoms in total. The highest BCUT2D eigenvalue weighted by atomic mass is 14.9. The Morgan fingerprint density at radius 2 is 2.06 bits per heavy atom. The Morgan fingerprint density at radius 3 is 2.72 bits per heavy atom. The minimum absolute atomic E-state index is 0.257. The summed E-state index contributed by atoms with van der Waals surface area (Å²) < 4.78 is 0. The van der Waals surface area contributed by atoms with Crippen LogP contribution in [0.15, 0.2) is 59.1 Å².